The van der Waals surface area contributed by atoms with Crippen LogP contribution in [-0.4, -0.2) is 17.4 Å². The van der Waals surface area contributed by atoms with E-state index in [2.05, 4.69) is 15.6 Å². The Morgan fingerprint density at radius 2 is 2.00 bits per heavy atom. The number of nitrogens with one attached hydrogen (secondary N) is 2. The molecule has 1 aromatic carbocycles. The number of nitrogens with zero attached hydrogens (tertiary/aromatic N) is 1. The molecule has 1 unspecified atom stereocenters. The number of carbonyl (C=O) groups is 1. The largest absolute Gasteiger partial charge is 0.378 e. The molecular weight excluding hydrogens is 269 g/mol. The van der Waals surface area contributed by atoms with Gasteiger partial charge in [-0.3, -0.25) is 9.78 Å². The van der Waals surface area contributed by atoms with E-state index in [1.54, 1.807) is 30.5 Å². The van der Waals surface area contributed by atoms with E-state index >= 15 is 0 Å². The van der Waals surface area contributed by atoms with Gasteiger partial charge in [-0.2, -0.15) is 0 Å². The zero-order chi connectivity index (χ0) is 15.2. The van der Waals surface area contributed by atoms with Crippen LogP contribution >= 0.6 is 0 Å². The third-order valence-corrected chi connectivity index (χ3v) is 3.08. The van der Waals surface area contributed by atoms with Gasteiger partial charge in [-0.25, -0.2) is 4.39 Å². The average molecular weight is 287 g/mol. The van der Waals surface area contributed by atoms with Gasteiger partial charge in [0, 0.05) is 24.5 Å². The molecule has 4 nitrogen and oxygen atoms in total. The smallest absolute Gasteiger partial charge is 0.269 e. The second-order valence-electron chi connectivity index (χ2n) is 4.71. The molecule has 0 saturated heterocycles. The van der Waals surface area contributed by atoms with Crippen molar-refractivity contribution in [2.45, 2.75) is 19.9 Å². The van der Waals surface area contributed by atoms with Gasteiger partial charge in [0.15, 0.2) is 0 Å². The maximum Gasteiger partial charge on any atom is 0.269 e. The molecule has 0 bridgehead atoms. The Balaban J connectivity index is 2.10. The zero-order valence-corrected chi connectivity index (χ0v) is 12.1. The highest BCUT2D eigenvalue weighted by Gasteiger charge is 2.09. The third kappa shape index (κ3) is 4.02. The lowest BCUT2D eigenvalue weighted by Gasteiger charge is -2.16. The van der Waals surface area contributed by atoms with E-state index in [1.807, 2.05) is 13.8 Å². The molecule has 2 aromatic rings. The second kappa shape index (κ2) is 6.83. The Bertz CT molecular complexity index is 613. The fraction of sp³-hybridized carbons (Fsp3) is 0.250. The molecule has 0 fully saturated rings. The van der Waals surface area contributed by atoms with Gasteiger partial charge in [-0.15, -0.1) is 0 Å². The summed E-state index contributed by atoms with van der Waals surface area (Å²) < 4.78 is 12.9. The van der Waals surface area contributed by atoms with Crippen molar-refractivity contribution >= 4 is 11.6 Å². The van der Waals surface area contributed by atoms with Crippen molar-refractivity contribution in [2.24, 2.45) is 0 Å². The van der Waals surface area contributed by atoms with E-state index in [-0.39, 0.29) is 17.8 Å². The Labute approximate surface area is 123 Å². The molecule has 0 aliphatic heterocycles. The first-order valence-corrected chi connectivity index (χ1v) is 6.86. The molecule has 0 aliphatic carbocycles. The van der Waals surface area contributed by atoms with Gasteiger partial charge in [0.1, 0.15) is 11.5 Å². The molecule has 2 N–H and O–H groups in total. The molecule has 0 radical (unpaired) electrons. The molecule has 2 rings (SSSR count). The van der Waals surface area contributed by atoms with E-state index in [9.17, 15) is 9.18 Å². The van der Waals surface area contributed by atoms with Crippen LogP contribution in [0.25, 0.3) is 0 Å². The van der Waals surface area contributed by atoms with Crippen LogP contribution in [0.15, 0.2) is 42.6 Å². The quantitative estimate of drug-likeness (QED) is 0.888. The number of benzene rings is 1. The first kappa shape index (κ1) is 15.0. The van der Waals surface area contributed by atoms with Crippen LogP contribution in [0.2, 0.25) is 0 Å². The Hall–Kier alpha value is -2.43. The fourth-order valence-corrected chi connectivity index (χ4v) is 1.98. The summed E-state index contributed by atoms with van der Waals surface area (Å²) in [5.41, 5.74) is 2.13. The summed E-state index contributed by atoms with van der Waals surface area (Å²) in [4.78, 5) is 15.8. The van der Waals surface area contributed by atoms with E-state index < -0.39 is 0 Å². The van der Waals surface area contributed by atoms with Crippen molar-refractivity contribution < 1.29 is 9.18 Å². The molecule has 0 saturated carbocycles. The monoisotopic (exact) mass is 287 g/mol. The summed E-state index contributed by atoms with van der Waals surface area (Å²) in [5, 5.41) is 5.98. The Morgan fingerprint density at radius 3 is 2.67 bits per heavy atom. The normalized spacial score (nSPS) is 11.8. The molecule has 1 atom stereocenters. The van der Waals surface area contributed by atoms with Gasteiger partial charge in [0.25, 0.3) is 5.91 Å². The Morgan fingerprint density at radius 1 is 1.29 bits per heavy atom. The molecule has 1 aromatic heterocycles. The van der Waals surface area contributed by atoms with Crippen LogP contribution in [0.5, 0.6) is 0 Å². The first-order valence-electron chi connectivity index (χ1n) is 6.86. The SMILES string of the molecule is CCNC(=O)c1cc(NC(C)c2ccc(F)cc2)ccn1. The van der Waals surface area contributed by atoms with Crippen molar-refractivity contribution in [3.05, 3.63) is 59.7 Å². The number of hydrogen-bond acceptors (Lipinski definition) is 3. The van der Waals surface area contributed by atoms with Crippen LogP contribution in [0.4, 0.5) is 10.1 Å². The Kier molecular flexibility index (Phi) is 4.87. The summed E-state index contributed by atoms with van der Waals surface area (Å²) in [6.45, 7) is 4.39. The lowest BCUT2D eigenvalue weighted by atomic mass is 10.1. The van der Waals surface area contributed by atoms with Crippen molar-refractivity contribution in [1.82, 2.24) is 10.3 Å². The van der Waals surface area contributed by atoms with E-state index in [0.717, 1.165) is 11.3 Å². The highest BCUT2D eigenvalue weighted by Crippen LogP contribution is 2.19. The zero-order valence-electron chi connectivity index (χ0n) is 12.1. The van der Waals surface area contributed by atoms with Gasteiger partial charge in [0.05, 0.1) is 0 Å². The summed E-state index contributed by atoms with van der Waals surface area (Å²) >= 11 is 0. The van der Waals surface area contributed by atoms with Crippen molar-refractivity contribution in [2.75, 3.05) is 11.9 Å². The summed E-state index contributed by atoms with van der Waals surface area (Å²) in [6.07, 6.45) is 1.59. The minimum Gasteiger partial charge on any atom is -0.378 e. The molecule has 21 heavy (non-hydrogen) atoms. The molecular formula is C16H18FN3O. The number of carbonyl (C=O) groups excluding carboxylic acids is 1. The van der Waals surface area contributed by atoms with E-state index in [4.69, 9.17) is 0 Å². The number of hydrogen-bond donors (Lipinski definition) is 2. The molecule has 0 spiro atoms. The number of halogens is 1. The summed E-state index contributed by atoms with van der Waals surface area (Å²) in [6, 6.07) is 9.82. The highest BCUT2D eigenvalue weighted by molar-refractivity contribution is 5.93. The third-order valence-electron chi connectivity index (χ3n) is 3.08. The van der Waals surface area contributed by atoms with Crippen LogP contribution in [-0.2, 0) is 0 Å². The molecule has 1 amide bonds. The topological polar surface area (TPSA) is 54.0 Å². The molecule has 1 heterocycles. The standard InChI is InChI=1S/C16H18FN3O/c1-3-18-16(21)15-10-14(8-9-19-15)20-11(2)12-4-6-13(17)7-5-12/h4-11H,3H2,1-2H3,(H,18,21)(H,19,20). The number of amides is 1. The molecule has 110 valence electrons. The van der Waals surface area contributed by atoms with Crippen molar-refractivity contribution in [1.29, 1.82) is 0 Å². The van der Waals surface area contributed by atoms with Crippen molar-refractivity contribution in [3.8, 4) is 0 Å². The number of rotatable bonds is 5. The lowest BCUT2D eigenvalue weighted by molar-refractivity contribution is 0.0951. The number of pyridine rings is 1. The predicted molar refractivity (Wildman–Crippen MR) is 80.7 cm³/mol. The maximum absolute atomic E-state index is 12.9. The second-order valence-corrected chi connectivity index (χ2v) is 4.71. The average Bonchev–Trinajstić information content (AvgIpc) is 2.48. The van der Waals surface area contributed by atoms with Crippen molar-refractivity contribution in [3.63, 3.8) is 0 Å². The van der Waals surface area contributed by atoms with Crippen LogP contribution < -0.4 is 10.6 Å². The highest BCUT2D eigenvalue weighted by atomic mass is 19.1. The van der Waals surface area contributed by atoms with Crippen LogP contribution in [0, 0.1) is 5.82 Å². The van der Waals surface area contributed by atoms with Crippen LogP contribution in [0.1, 0.15) is 35.9 Å². The lowest BCUT2D eigenvalue weighted by Crippen LogP contribution is -2.23. The first-order chi connectivity index (χ1) is 10.1. The van der Waals surface area contributed by atoms with Gasteiger partial charge in [0.2, 0.25) is 0 Å². The summed E-state index contributed by atoms with van der Waals surface area (Å²) in [7, 11) is 0. The number of anilines is 1. The minimum absolute atomic E-state index is 0.00455. The van der Waals surface area contributed by atoms with Gasteiger partial charge >= 0.3 is 0 Å². The number of aromatic nitrogens is 1. The molecule has 0 aliphatic rings. The van der Waals surface area contributed by atoms with Crippen LogP contribution in [0.3, 0.4) is 0 Å². The van der Waals surface area contributed by atoms with Gasteiger partial charge < -0.3 is 10.6 Å². The fourth-order valence-electron chi connectivity index (χ4n) is 1.98. The maximum atomic E-state index is 12.9. The van der Waals surface area contributed by atoms with E-state index in [1.165, 1.54) is 12.1 Å². The predicted octanol–water partition coefficient (Wildman–Crippen LogP) is 3.14. The summed E-state index contributed by atoms with van der Waals surface area (Å²) in [5.74, 6) is -0.455. The van der Waals surface area contributed by atoms with E-state index in [0.29, 0.717) is 12.2 Å². The van der Waals surface area contributed by atoms with Gasteiger partial charge in [-0.05, 0) is 43.7 Å². The minimum atomic E-state index is -0.256. The molecule has 5 heteroatoms. The van der Waals surface area contributed by atoms with Gasteiger partial charge in [-0.1, -0.05) is 12.1 Å².